The zero-order valence-electron chi connectivity index (χ0n) is 33.4. The molecule has 0 radical (unpaired) electrons. The summed E-state index contributed by atoms with van der Waals surface area (Å²) < 4.78 is 2.42. The molecular weight excluding hydrogens is 757 g/mol. The first kappa shape index (κ1) is 35.6. The standard InChI is InChI=1S/C58H40N2S/c1-2-13-42-37-45(25-24-39(42)12-1)44-15-11-14-43(36-44)40-26-30-46(31-27-40)59(48-34-35-53-52-19-6-10-23-57(52)61-58(53)38-48)47-32-28-41(29-33-47)49-16-3-7-20-54(49)60-55-21-8-4-17-50(55)51-18-5-9-22-56(51)60/h1-38,52,57H. The quantitative estimate of drug-likeness (QED) is 0.159. The topological polar surface area (TPSA) is 8.17 Å². The lowest BCUT2D eigenvalue weighted by atomic mass is 9.92. The number of benzene rings is 9. The highest BCUT2D eigenvalue weighted by atomic mass is 32.2. The smallest absolute Gasteiger partial charge is 0.0541 e. The summed E-state index contributed by atoms with van der Waals surface area (Å²) in [5.74, 6) is 0.422. The second kappa shape index (κ2) is 14.7. The van der Waals surface area contributed by atoms with Gasteiger partial charge in [-0.3, -0.25) is 0 Å². The van der Waals surface area contributed by atoms with Crippen molar-refractivity contribution in [1.82, 2.24) is 4.57 Å². The van der Waals surface area contributed by atoms with Crippen LogP contribution in [0, 0.1) is 0 Å². The molecule has 2 unspecified atom stereocenters. The van der Waals surface area contributed by atoms with Crippen LogP contribution in [0.1, 0.15) is 11.5 Å². The van der Waals surface area contributed by atoms with Crippen LogP contribution in [0.5, 0.6) is 0 Å². The number of anilines is 3. The number of aromatic nitrogens is 1. The zero-order valence-corrected chi connectivity index (χ0v) is 34.2. The maximum absolute atomic E-state index is 2.42. The van der Waals surface area contributed by atoms with Crippen LogP contribution in [0.4, 0.5) is 17.1 Å². The molecule has 2 nitrogen and oxygen atoms in total. The fourth-order valence-corrected chi connectivity index (χ4v) is 10.9. The van der Waals surface area contributed by atoms with E-state index >= 15 is 0 Å². The largest absolute Gasteiger partial charge is 0.310 e. The van der Waals surface area contributed by atoms with Gasteiger partial charge in [0.05, 0.1) is 16.7 Å². The minimum atomic E-state index is 0.422. The Kier molecular flexibility index (Phi) is 8.60. The van der Waals surface area contributed by atoms with Crippen LogP contribution >= 0.6 is 11.8 Å². The highest BCUT2D eigenvalue weighted by molar-refractivity contribution is 8.00. The first-order chi connectivity index (χ1) is 30.2. The summed E-state index contributed by atoms with van der Waals surface area (Å²) in [4.78, 5) is 3.76. The molecule has 0 bridgehead atoms. The Balaban J connectivity index is 0.928. The molecule has 0 N–H and O–H groups in total. The third-order valence-electron chi connectivity index (χ3n) is 12.5. The molecule has 0 saturated heterocycles. The Morgan fingerprint density at radius 3 is 1.77 bits per heavy atom. The van der Waals surface area contributed by atoms with E-state index < -0.39 is 0 Å². The molecule has 9 aromatic carbocycles. The summed E-state index contributed by atoms with van der Waals surface area (Å²) in [5.41, 5.74) is 15.6. The van der Waals surface area contributed by atoms with Gasteiger partial charge in [0.2, 0.25) is 0 Å². The van der Waals surface area contributed by atoms with Gasteiger partial charge >= 0.3 is 0 Å². The van der Waals surface area contributed by atoms with Crippen molar-refractivity contribution in [3.8, 4) is 39.1 Å². The van der Waals surface area contributed by atoms with E-state index in [0.29, 0.717) is 11.2 Å². The minimum absolute atomic E-state index is 0.422. The maximum atomic E-state index is 2.42. The van der Waals surface area contributed by atoms with E-state index in [0.717, 1.165) is 17.1 Å². The predicted molar refractivity (Wildman–Crippen MR) is 260 cm³/mol. The van der Waals surface area contributed by atoms with Gasteiger partial charge in [-0.1, -0.05) is 164 Å². The molecule has 1 aliphatic carbocycles. The maximum Gasteiger partial charge on any atom is 0.0541 e. The highest BCUT2D eigenvalue weighted by Gasteiger charge is 2.31. The van der Waals surface area contributed by atoms with Gasteiger partial charge in [0.25, 0.3) is 0 Å². The summed E-state index contributed by atoms with van der Waals surface area (Å²) in [6.45, 7) is 0. The molecule has 288 valence electrons. The summed E-state index contributed by atoms with van der Waals surface area (Å²) in [5, 5.41) is 5.49. The molecule has 10 aromatic rings. The lowest BCUT2D eigenvalue weighted by Gasteiger charge is -2.27. The van der Waals surface area contributed by atoms with Crippen molar-refractivity contribution in [1.29, 1.82) is 0 Å². The van der Waals surface area contributed by atoms with Gasteiger partial charge in [-0.15, -0.1) is 11.8 Å². The SMILES string of the molecule is C1=CC2Sc3cc(N(c4ccc(-c5cccc(-c6ccc7ccccc7c6)c5)cc4)c4ccc(-c5ccccc5-n5c6ccccc6c6ccccc65)cc4)ccc3C2C=C1. The van der Waals surface area contributed by atoms with Crippen LogP contribution in [0.2, 0.25) is 0 Å². The number of hydrogen-bond donors (Lipinski definition) is 0. The van der Waals surface area contributed by atoms with E-state index in [9.17, 15) is 0 Å². The van der Waals surface area contributed by atoms with Crippen molar-refractivity contribution in [2.45, 2.75) is 16.1 Å². The van der Waals surface area contributed by atoms with Crippen molar-refractivity contribution in [2.75, 3.05) is 4.90 Å². The van der Waals surface area contributed by atoms with E-state index in [1.165, 1.54) is 82.1 Å². The molecule has 0 fully saturated rings. The molecule has 0 amide bonds. The molecule has 0 spiro atoms. The first-order valence-corrected chi connectivity index (χ1v) is 21.9. The lowest BCUT2D eigenvalue weighted by Crippen LogP contribution is -2.10. The van der Waals surface area contributed by atoms with Gasteiger partial charge < -0.3 is 9.47 Å². The lowest BCUT2D eigenvalue weighted by molar-refractivity contribution is 0.881. The third kappa shape index (κ3) is 6.20. The fourth-order valence-electron chi connectivity index (χ4n) is 9.55. The summed E-state index contributed by atoms with van der Waals surface area (Å²) >= 11 is 1.98. The number of fused-ring (bicyclic) bond motifs is 7. The fraction of sp³-hybridized carbons (Fsp3) is 0.0345. The number of para-hydroxylation sites is 3. The van der Waals surface area contributed by atoms with Crippen molar-refractivity contribution >= 4 is 61.4 Å². The summed E-state index contributed by atoms with van der Waals surface area (Å²) in [6, 6.07) is 75.7. The van der Waals surface area contributed by atoms with Crippen LogP contribution in [0.15, 0.2) is 235 Å². The molecule has 1 aromatic heterocycles. The average molecular weight is 797 g/mol. The molecule has 3 heteroatoms. The van der Waals surface area contributed by atoms with E-state index in [-0.39, 0.29) is 0 Å². The van der Waals surface area contributed by atoms with Crippen LogP contribution in [0.3, 0.4) is 0 Å². The summed E-state index contributed by atoms with van der Waals surface area (Å²) in [7, 11) is 0. The normalized spacial score (nSPS) is 15.3. The number of allylic oxidation sites excluding steroid dienone is 3. The second-order valence-corrected chi connectivity index (χ2v) is 17.3. The van der Waals surface area contributed by atoms with E-state index in [4.69, 9.17) is 0 Å². The zero-order chi connectivity index (χ0) is 40.3. The first-order valence-electron chi connectivity index (χ1n) is 21.1. The number of hydrogen-bond acceptors (Lipinski definition) is 2. The van der Waals surface area contributed by atoms with Gasteiger partial charge in [-0.05, 0) is 111 Å². The van der Waals surface area contributed by atoms with E-state index in [1.54, 1.807) is 0 Å². The molecule has 1 aliphatic heterocycles. The minimum Gasteiger partial charge on any atom is -0.310 e. The second-order valence-electron chi connectivity index (χ2n) is 16.1. The van der Waals surface area contributed by atoms with Crippen LogP contribution in [-0.2, 0) is 0 Å². The van der Waals surface area contributed by atoms with Crippen LogP contribution < -0.4 is 4.90 Å². The highest BCUT2D eigenvalue weighted by Crippen LogP contribution is 2.50. The Morgan fingerprint density at radius 1 is 0.410 bits per heavy atom. The monoisotopic (exact) mass is 796 g/mol. The van der Waals surface area contributed by atoms with Crippen molar-refractivity contribution < 1.29 is 0 Å². The number of rotatable bonds is 7. The Bertz CT molecular complexity index is 3300. The molecule has 61 heavy (non-hydrogen) atoms. The van der Waals surface area contributed by atoms with E-state index in [2.05, 4.69) is 240 Å². The van der Waals surface area contributed by atoms with Gasteiger partial charge in [-0.2, -0.15) is 0 Å². The molecule has 2 atom stereocenters. The third-order valence-corrected chi connectivity index (χ3v) is 13.9. The average Bonchev–Trinajstić information content (AvgIpc) is 3.87. The number of nitrogens with zero attached hydrogens (tertiary/aromatic N) is 2. The summed E-state index contributed by atoms with van der Waals surface area (Å²) in [6.07, 6.45) is 9.07. The molecular formula is C58H40N2S. The van der Waals surface area contributed by atoms with E-state index in [1.807, 2.05) is 11.8 Å². The Labute approximate surface area is 360 Å². The Hall–Kier alpha value is -7.33. The van der Waals surface area contributed by atoms with Gasteiger partial charge in [-0.25, -0.2) is 0 Å². The molecule has 2 aliphatic rings. The van der Waals surface area contributed by atoms with Crippen molar-refractivity contribution in [3.63, 3.8) is 0 Å². The van der Waals surface area contributed by atoms with Gasteiger partial charge in [0.1, 0.15) is 0 Å². The van der Waals surface area contributed by atoms with Gasteiger partial charge in [0, 0.05) is 49.5 Å². The van der Waals surface area contributed by atoms with Crippen molar-refractivity contribution in [2.24, 2.45) is 0 Å². The Morgan fingerprint density at radius 2 is 1.00 bits per heavy atom. The van der Waals surface area contributed by atoms with Gasteiger partial charge in [0.15, 0.2) is 0 Å². The van der Waals surface area contributed by atoms with Crippen LogP contribution in [0.25, 0.3) is 71.6 Å². The van der Waals surface area contributed by atoms with Crippen molar-refractivity contribution in [3.05, 3.63) is 236 Å². The predicted octanol–water partition coefficient (Wildman–Crippen LogP) is 16.1. The molecule has 12 rings (SSSR count). The molecule has 2 heterocycles. The molecule has 0 saturated carbocycles. The number of thioether (sulfide) groups is 1. The van der Waals surface area contributed by atoms with Crippen LogP contribution in [-0.4, -0.2) is 9.82 Å².